The van der Waals surface area contributed by atoms with E-state index in [1.807, 2.05) is 66.7 Å². The summed E-state index contributed by atoms with van der Waals surface area (Å²) in [5, 5.41) is 2.95. The molecule has 140 valence electrons. The van der Waals surface area contributed by atoms with E-state index in [0.717, 1.165) is 34.5 Å². The number of carbonyl (C=O) groups is 1. The molecule has 0 unspecified atom stereocenters. The number of fused-ring (bicyclic) bond motifs is 1. The first-order valence-electron chi connectivity index (χ1n) is 9.22. The lowest BCUT2D eigenvalue weighted by atomic mass is 10.2. The summed E-state index contributed by atoms with van der Waals surface area (Å²) in [4.78, 5) is 17.9. The number of rotatable bonds is 7. The first-order chi connectivity index (χ1) is 13.8. The topological polar surface area (TPSA) is 55.1 Å². The van der Waals surface area contributed by atoms with Gasteiger partial charge in [-0.1, -0.05) is 30.3 Å². The monoisotopic (exact) mass is 388 g/mol. The van der Waals surface area contributed by atoms with Gasteiger partial charge >= 0.3 is 0 Å². The zero-order valence-electron chi connectivity index (χ0n) is 15.3. The van der Waals surface area contributed by atoms with Gasteiger partial charge in [0.05, 0.1) is 0 Å². The van der Waals surface area contributed by atoms with E-state index in [4.69, 9.17) is 4.42 Å². The Morgan fingerprint density at radius 3 is 2.46 bits per heavy atom. The Hall–Kier alpha value is -3.05. The third kappa shape index (κ3) is 4.61. The Kier molecular flexibility index (Phi) is 5.73. The van der Waals surface area contributed by atoms with Gasteiger partial charge in [-0.2, -0.15) is 0 Å². The number of anilines is 1. The molecule has 1 N–H and O–H groups in total. The van der Waals surface area contributed by atoms with Crippen molar-refractivity contribution in [2.24, 2.45) is 0 Å². The van der Waals surface area contributed by atoms with Crippen molar-refractivity contribution in [2.75, 3.05) is 11.1 Å². The molecule has 0 aliphatic heterocycles. The van der Waals surface area contributed by atoms with Crippen LogP contribution in [0.1, 0.15) is 12.8 Å². The molecule has 0 bridgehead atoms. The van der Waals surface area contributed by atoms with E-state index in [0.29, 0.717) is 12.3 Å². The smallest absolute Gasteiger partial charge is 0.227 e. The van der Waals surface area contributed by atoms with Crippen LogP contribution < -0.4 is 5.32 Å². The van der Waals surface area contributed by atoms with E-state index in [2.05, 4.69) is 22.4 Å². The van der Waals surface area contributed by atoms with Crippen molar-refractivity contribution in [3.05, 3.63) is 78.9 Å². The minimum atomic E-state index is 0.0308. The predicted octanol–water partition coefficient (Wildman–Crippen LogP) is 6.01. The lowest BCUT2D eigenvalue weighted by molar-refractivity contribution is -0.116. The summed E-state index contributed by atoms with van der Waals surface area (Å²) < 4.78 is 5.78. The Labute approximate surface area is 168 Å². The van der Waals surface area contributed by atoms with Gasteiger partial charge in [-0.3, -0.25) is 4.79 Å². The number of aromatic nitrogens is 1. The zero-order valence-corrected chi connectivity index (χ0v) is 16.1. The van der Waals surface area contributed by atoms with Gasteiger partial charge in [0.2, 0.25) is 11.8 Å². The van der Waals surface area contributed by atoms with Gasteiger partial charge in [-0.25, -0.2) is 4.98 Å². The maximum Gasteiger partial charge on any atom is 0.227 e. The van der Waals surface area contributed by atoms with Crippen LogP contribution in [0.3, 0.4) is 0 Å². The molecule has 4 aromatic rings. The highest BCUT2D eigenvalue weighted by Crippen LogP contribution is 2.25. The van der Waals surface area contributed by atoms with Gasteiger partial charge in [0.25, 0.3) is 0 Å². The lowest BCUT2D eigenvalue weighted by Gasteiger charge is -2.06. The van der Waals surface area contributed by atoms with Crippen LogP contribution in [-0.4, -0.2) is 16.6 Å². The molecular formula is C23H20N2O2S. The van der Waals surface area contributed by atoms with Gasteiger partial charge in [0.15, 0.2) is 5.58 Å². The third-order valence-corrected chi connectivity index (χ3v) is 5.37. The Morgan fingerprint density at radius 2 is 1.68 bits per heavy atom. The van der Waals surface area contributed by atoms with Crippen LogP contribution >= 0.6 is 11.8 Å². The standard InChI is InChI=1S/C23H20N2O2S/c26-22(11-6-16-28-19-7-2-1-3-8-19)24-18-14-12-17(13-15-18)23-25-20-9-4-5-10-21(20)27-23/h1-5,7-10,12-15H,6,11,16H2,(H,24,26). The third-order valence-electron chi connectivity index (χ3n) is 4.27. The van der Waals surface area contributed by atoms with E-state index < -0.39 is 0 Å². The average Bonchev–Trinajstić information content (AvgIpc) is 3.17. The molecule has 1 aromatic heterocycles. The summed E-state index contributed by atoms with van der Waals surface area (Å²) >= 11 is 1.77. The normalized spacial score (nSPS) is 10.9. The Morgan fingerprint density at radius 1 is 0.929 bits per heavy atom. The number of nitrogens with one attached hydrogen (secondary N) is 1. The molecule has 3 aromatic carbocycles. The number of amides is 1. The van der Waals surface area contributed by atoms with Gasteiger partial charge in [-0.15, -0.1) is 11.8 Å². The fraction of sp³-hybridized carbons (Fsp3) is 0.130. The summed E-state index contributed by atoms with van der Waals surface area (Å²) in [5.41, 5.74) is 3.26. The fourth-order valence-electron chi connectivity index (χ4n) is 2.85. The van der Waals surface area contributed by atoms with Crippen molar-refractivity contribution in [3.63, 3.8) is 0 Å². The Balaban J connectivity index is 1.28. The van der Waals surface area contributed by atoms with Crippen LogP contribution in [-0.2, 0) is 4.79 Å². The molecule has 0 saturated carbocycles. The SMILES string of the molecule is O=C(CCCSc1ccccc1)Nc1ccc(-c2nc3ccccc3o2)cc1. The molecule has 0 aliphatic carbocycles. The molecule has 0 saturated heterocycles. The number of hydrogen-bond acceptors (Lipinski definition) is 4. The molecule has 0 spiro atoms. The van der Waals surface area contributed by atoms with Crippen molar-refractivity contribution in [1.82, 2.24) is 4.98 Å². The number of hydrogen-bond donors (Lipinski definition) is 1. The van der Waals surface area contributed by atoms with Crippen molar-refractivity contribution >= 4 is 34.5 Å². The number of para-hydroxylation sites is 2. The molecule has 0 radical (unpaired) electrons. The largest absolute Gasteiger partial charge is 0.436 e. The van der Waals surface area contributed by atoms with E-state index in [1.54, 1.807) is 11.8 Å². The van der Waals surface area contributed by atoms with Crippen molar-refractivity contribution < 1.29 is 9.21 Å². The highest BCUT2D eigenvalue weighted by molar-refractivity contribution is 7.99. The Bertz CT molecular complexity index is 1030. The summed E-state index contributed by atoms with van der Waals surface area (Å²) in [6, 6.07) is 25.5. The lowest BCUT2D eigenvalue weighted by Crippen LogP contribution is -2.11. The van der Waals surface area contributed by atoms with E-state index in [1.165, 1.54) is 4.90 Å². The van der Waals surface area contributed by atoms with Crippen LogP contribution in [0.5, 0.6) is 0 Å². The van der Waals surface area contributed by atoms with Gasteiger partial charge < -0.3 is 9.73 Å². The molecule has 0 atom stereocenters. The number of benzene rings is 3. The predicted molar refractivity (Wildman–Crippen MR) is 114 cm³/mol. The van der Waals surface area contributed by atoms with Crippen LogP contribution in [0, 0.1) is 0 Å². The van der Waals surface area contributed by atoms with Gasteiger partial charge in [0.1, 0.15) is 5.52 Å². The molecule has 0 fully saturated rings. The summed E-state index contributed by atoms with van der Waals surface area (Å²) in [6.07, 6.45) is 1.35. The van der Waals surface area contributed by atoms with Crippen LogP contribution in [0.15, 0.2) is 88.2 Å². The number of nitrogens with zero attached hydrogens (tertiary/aromatic N) is 1. The zero-order chi connectivity index (χ0) is 19.2. The van der Waals surface area contributed by atoms with Crippen molar-refractivity contribution in [2.45, 2.75) is 17.7 Å². The van der Waals surface area contributed by atoms with Crippen LogP contribution in [0.25, 0.3) is 22.6 Å². The maximum absolute atomic E-state index is 12.1. The second kappa shape index (κ2) is 8.76. The number of oxazole rings is 1. The van der Waals surface area contributed by atoms with Crippen molar-refractivity contribution in [3.8, 4) is 11.5 Å². The fourth-order valence-corrected chi connectivity index (χ4v) is 3.73. The number of thioether (sulfide) groups is 1. The van der Waals surface area contributed by atoms with Crippen LogP contribution in [0.2, 0.25) is 0 Å². The molecule has 28 heavy (non-hydrogen) atoms. The highest BCUT2D eigenvalue weighted by Gasteiger charge is 2.08. The molecule has 4 rings (SSSR count). The molecule has 1 amide bonds. The minimum Gasteiger partial charge on any atom is -0.436 e. The quantitative estimate of drug-likeness (QED) is 0.311. The first-order valence-corrected chi connectivity index (χ1v) is 10.2. The summed E-state index contributed by atoms with van der Waals surface area (Å²) in [5.74, 6) is 1.54. The maximum atomic E-state index is 12.1. The van der Waals surface area contributed by atoms with E-state index >= 15 is 0 Å². The molecular weight excluding hydrogens is 368 g/mol. The second-order valence-corrected chi connectivity index (χ2v) is 7.55. The van der Waals surface area contributed by atoms with Crippen molar-refractivity contribution in [1.29, 1.82) is 0 Å². The molecule has 5 heteroatoms. The van der Waals surface area contributed by atoms with Gasteiger partial charge in [-0.05, 0) is 60.7 Å². The second-order valence-electron chi connectivity index (χ2n) is 6.38. The molecule has 1 heterocycles. The minimum absolute atomic E-state index is 0.0308. The van der Waals surface area contributed by atoms with E-state index in [-0.39, 0.29) is 5.91 Å². The number of carbonyl (C=O) groups excluding carboxylic acids is 1. The molecule has 4 nitrogen and oxygen atoms in total. The summed E-state index contributed by atoms with van der Waals surface area (Å²) in [7, 11) is 0. The average molecular weight is 388 g/mol. The summed E-state index contributed by atoms with van der Waals surface area (Å²) in [6.45, 7) is 0. The highest BCUT2D eigenvalue weighted by atomic mass is 32.2. The molecule has 0 aliphatic rings. The van der Waals surface area contributed by atoms with Crippen LogP contribution in [0.4, 0.5) is 5.69 Å². The van der Waals surface area contributed by atoms with E-state index in [9.17, 15) is 4.79 Å². The van der Waals surface area contributed by atoms with Gasteiger partial charge in [0, 0.05) is 22.6 Å². The first kappa shape index (κ1) is 18.3.